The van der Waals surface area contributed by atoms with E-state index in [1.165, 1.54) is 13.2 Å². The van der Waals surface area contributed by atoms with Gasteiger partial charge in [-0.15, -0.1) is 0 Å². The van der Waals surface area contributed by atoms with Gasteiger partial charge in [0.25, 0.3) is 5.91 Å². The van der Waals surface area contributed by atoms with Crippen molar-refractivity contribution in [1.82, 2.24) is 15.5 Å². The first-order valence-electron chi connectivity index (χ1n) is 11.4. The van der Waals surface area contributed by atoms with Crippen molar-refractivity contribution in [2.24, 2.45) is 0 Å². The molecule has 0 aliphatic rings. The summed E-state index contributed by atoms with van der Waals surface area (Å²) in [7, 11) is 1.47. The number of hydrogen-bond donors (Lipinski definition) is 3. The minimum Gasteiger partial charge on any atom is -0.496 e. The van der Waals surface area contributed by atoms with Gasteiger partial charge < -0.3 is 30.3 Å². The largest absolute Gasteiger partial charge is 0.496 e. The molecule has 0 aliphatic heterocycles. The molecule has 8 nitrogen and oxygen atoms in total. The van der Waals surface area contributed by atoms with Crippen LogP contribution in [0.3, 0.4) is 0 Å². The molecule has 0 radical (unpaired) electrons. The number of benzene rings is 1. The number of anilines is 1. The highest BCUT2D eigenvalue weighted by molar-refractivity contribution is 6.34. The highest BCUT2D eigenvalue weighted by Gasteiger charge is 2.23. The number of ether oxygens (including phenoxy) is 2. The zero-order chi connectivity index (χ0) is 25.2. The maximum Gasteiger partial charge on any atom is 0.319 e. The Morgan fingerprint density at radius 2 is 1.73 bits per heavy atom. The van der Waals surface area contributed by atoms with Crippen molar-refractivity contribution in [3.05, 3.63) is 22.7 Å². The number of methoxy groups -OCH3 is 1. The van der Waals surface area contributed by atoms with Crippen LogP contribution in [-0.2, 0) is 4.74 Å². The number of nitrogens with one attached hydrogen (secondary N) is 3. The minimum atomic E-state index is -0.490. The second-order valence-electron chi connectivity index (χ2n) is 9.49. The number of likely N-dealkylation sites (N-methyl/N-ethyl adjacent to an activating group) is 1. The highest BCUT2D eigenvalue weighted by atomic mass is 35.5. The van der Waals surface area contributed by atoms with Gasteiger partial charge in [0, 0.05) is 31.3 Å². The molecule has 0 saturated heterocycles. The number of amides is 3. The van der Waals surface area contributed by atoms with Crippen LogP contribution < -0.4 is 20.7 Å². The van der Waals surface area contributed by atoms with E-state index in [9.17, 15) is 9.59 Å². The Morgan fingerprint density at radius 3 is 2.27 bits per heavy atom. The second kappa shape index (κ2) is 13.0. The molecule has 0 heterocycles. The zero-order valence-electron chi connectivity index (χ0n) is 21.4. The molecule has 0 aromatic heterocycles. The van der Waals surface area contributed by atoms with Crippen LogP contribution in [0.25, 0.3) is 0 Å². The fourth-order valence-corrected chi connectivity index (χ4v) is 3.30. The molecule has 0 atom stereocenters. The Hall–Kier alpha value is -2.03. The predicted octanol–water partition coefficient (Wildman–Crippen LogP) is 4.53. The third-order valence-electron chi connectivity index (χ3n) is 5.10. The molecule has 0 bridgehead atoms. The van der Waals surface area contributed by atoms with Crippen molar-refractivity contribution < 1.29 is 19.1 Å². The summed E-state index contributed by atoms with van der Waals surface area (Å²) in [5.41, 5.74) is -0.0570. The van der Waals surface area contributed by atoms with Crippen LogP contribution >= 0.6 is 11.6 Å². The number of nitrogens with zero attached hydrogens (tertiary/aromatic N) is 1. The van der Waals surface area contributed by atoms with Gasteiger partial charge in [0.2, 0.25) is 0 Å². The fraction of sp³-hybridized carbons (Fsp3) is 0.667. The van der Waals surface area contributed by atoms with Crippen LogP contribution in [0.4, 0.5) is 10.5 Å². The minimum absolute atomic E-state index is 0.234. The number of halogens is 1. The lowest BCUT2D eigenvalue weighted by atomic mass is 10.0. The summed E-state index contributed by atoms with van der Waals surface area (Å²) in [5.74, 6) is 0.0461. The van der Waals surface area contributed by atoms with Gasteiger partial charge in [-0.2, -0.15) is 0 Å². The fourth-order valence-electron chi connectivity index (χ4n) is 3.09. The number of carbonyl (C=O) groups excluding carboxylic acids is 2. The monoisotopic (exact) mass is 484 g/mol. The van der Waals surface area contributed by atoms with Crippen molar-refractivity contribution in [1.29, 1.82) is 0 Å². The second-order valence-corrected chi connectivity index (χ2v) is 9.90. The number of hydrogen-bond acceptors (Lipinski definition) is 5. The van der Waals surface area contributed by atoms with E-state index in [4.69, 9.17) is 21.1 Å². The quantitative estimate of drug-likeness (QED) is 0.405. The Bertz CT molecular complexity index is 789. The third kappa shape index (κ3) is 10.6. The summed E-state index contributed by atoms with van der Waals surface area (Å²) in [6, 6.07) is 2.65. The lowest BCUT2D eigenvalue weighted by molar-refractivity contribution is -0.0107. The molecule has 1 rings (SSSR count). The standard InChI is InChI=1S/C24H41ClN4O4/c1-9-29(10-2)13-12-26-21(30)17-15-18(25)19(16-20(17)32-8)27-22(31)28-24(6,7)11-14-33-23(3,4)5/h15-16H,9-14H2,1-8H3,(H,26,30)(H2,27,28,31). The molecule has 3 amide bonds. The molecule has 0 spiro atoms. The Morgan fingerprint density at radius 1 is 1.09 bits per heavy atom. The number of urea groups is 1. The molecule has 1 aromatic carbocycles. The van der Waals surface area contributed by atoms with Crippen LogP contribution in [0.15, 0.2) is 12.1 Å². The van der Waals surface area contributed by atoms with Gasteiger partial charge >= 0.3 is 6.03 Å². The summed E-state index contributed by atoms with van der Waals surface area (Å²) in [5, 5.41) is 8.81. The molecular formula is C24H41ClN4O4. The van der Waals surface area contributed by atoms with Gasteiger partial charge in [-0.1, -0.05) is 25.4 Å². The van der Waals surface area contributed by atoms with E-state index in [1.807, 2.05) is 34.6 Å². The summed E-state index contributed by atoms with van der Waals surface area (Å²) in [6.07, 6.45) is 0.640. The van der Waals surface area contributed by atoms with Gasteiger partial charge in [-0.05, 0) is 60.2 Å². The summed E-state index contributed by atoms with van der Waals surface area (Å²) in [4.78, 5) is 27.4. The van der Waals surface area contributed by atoms with E-state index >= 15 is 0 Å². The molecule has 0 unspecified atom stereocenters. The van der Waals surface area contributed by atoms with Crippen molar-refractivity contribution in [2.45, 2.75) is 66.0 Å². The van der Waals surface area contributed by atoms with Gasteiger partial charge in [0.1, 0.15) is 5.75 Å². The van der Waals surface area contributed by atoms with E-state index in [-0.39, 0.29) is 16.5 Å². The van der Waals surface area contributed by atoms with E-state index in [0.717, 1.165) is 19.6 Å². The van der Waals surface area contributed by atoms with Gasteiger partial charge in [0.15, 0.2) is 0 Å². The Balaban J connectivity index is 2.79. The molecule has 0 saturated carbocycles. The van der Waals surface area contributed by atoms with Crippen LogP contribution in [0.1, 0.15) is 65.2 Å². The van der Waals surface area contributed by atoms with Crippen LogP contribution in [0, 0.1) is 0 Å². The molecule has 1 aromatic rings. The topological polar surface area (TPSA) is 91.9 Å². The Kier molecular flexibility index (Phi) is 11.4. The number of carbonyl (C=O) groups is 2. The first-order chi connectivity index (χ1) is 15.3. The maximum atomic E-state index is 12.6. The maximum absolute atomic E-state index is 12.6. The van der Waals surface area contributed by atoms with Crippen molar-refractivity contribution in [2.75, 3.05) is 45.2 Å². The van der Waals surface area contributed by atoms with E-state index in [1.54, 1.807) is 6.07 Å². The average Bonchev–Trinajstić information content (AvgIpc) is 2.70. The molecule has 0 aliphatic carbocycles. The average molecular weight is 485 g/mol. The zero-order valence-corrected chi connectivity index (χ0v) is 22.1. The predicted molar refractivity (Wildman–Crippen MR) is 135 cm³/mol. The molecule has 188 valence electrons. The first kappa shape index (κ1) is 29.0. The lowest BCUT2D eigenvalue weighted by Gasteiger charge is -2.28. The van der Waals surface area contributed by atoms with Crippen LogP contribution in [-0.4, -0.2) is 67.9 Å². The third-order valence-corrected chi connectivity index (χ3v) is 5.42. The molecule has 0 fully saturated rings. The number of rotatable bonds is 12. The van der Waals surface area contributed by atoms with E-state index in [0.29, 0.717) is 36.6 Å². The summed E-state index contributed by atoms with van der Waals surface area (Å²) >= 11 is 6.37. The molecular weight excluding hydrogens is 444 g/mol. The van der Waals surface area contributed by atoms with Crippen molar-refractivity contribution in [3.8, 4) is 5.75 Å². The normalized spacial score (nSPS) is 11.9. The summed E-state index contributed by atoms with van der Waals surface area (Å²) in [6.45, 7) is 17.6. The van der Waals surface area contributed by atoms with E-state index in [2.05, 4.69) is 34.7 Å². The van der Waals surface area contributed by atoms with Crippen LogP contribution in [0.5, 0.6) is 5.75 Å². The van der Waals surface area contributed by atoms with Gasteiger partial charge in [-0.3, -0.25) is 4.79 Å². The Labute approximate surface area is 203 Å². The van der Waals surface area contributed by atoms with Crippen molar-refractivity contribution in [3.63, 3.8) is 0 Å². The smallest absolute Gasteiger partial charge is 0.319 e. The van der Waals surface area contributed by atoms with Crippen molar-refractivity contribution >= 4 is 29.2 Å². The van der Waals surface area contributed by atoms with Crippen LogP contribution in [0.2, 0.25) is 5.02 Å². The first-order valence-corrected chi connectivity index (χ1v) is 11.8. The SMILES string of the molecule is CCN(CC)CCNC(=O)c1cc(Cl)c(NC(=O)NC(C)(C)CCOC(C)(C)C)cc1OC. The molecule has 3 N–H and O–H groups in total. The van der Waals surface area contributed by atoms with E-state index < -0.39 is 11.6 Å². The van der Waals surface area contributed by atoms with Gasteiger partial charge in [0.05, 0.1) is 29.0 Å². The van der Waals surface area contributed by atoms with Gasteiger partial charge in [-0.25, -0.2) is 4.79 Å². The summed E-state index contributed by atoms with van der Waals surface area (Å²) < 4.78 is 11.1. The highest BCUT2D eigenvalue weighted by Crippen LogP contribution is 2.31. The molecule has 9 heteroatoms. The lowest BCUT2D eigenvalue weighted by Crippen LogP contribution is -2.46. The molecule has 33 heavy (non-hydrogen) atoms.